The van der Waals surface area contributed by atoms with Gasteiger partial charge in [0.05, 0.1) is 15.7 Å². The van der Waals surface area contributed by atoms with Crippen LogP contribution in [0.25, 0.3) is 0 Å². The van der Waals surface area contributed by atoms with Gasteiger partial charge < -0.3 is 0 Å². The van der Waals surface area contributed by atoms with Crippen LogP contribution in [-0.2, 0) is 9.59 Å². The Labute approximate surface area is 127 Å². The first-order valence-corrected chi connectivity index (χ1v) is 7.57. The molecule has 1 saturated heterocycles. The van der Waals surface area contributed by atoms with Crippen LogP contribution in [0.3, 0.4) is 0 Å². The molecule has 3 nitrogen and oxygen atoms in total. The van der Waals surface area contributed by atoms with Crippen molar-refractivity contribution >= 4 is 40.7 Å². The highest BCUT2D eigenvalue weighted by molar-refractivity contribution is 6.42. The molecule has 0 aromatic heterocycles. The van der Waals surface area contributed by atoms with Crippen LogP contribution in [0.1, 0.15) is 38.5 Å². The Morgan fingerprint density at radius 3 is 2.10 bits per heavy atom. The smallest absolute Gasteiger partial charge is 0.234 e. The van der Waals surface area contributed by atoms with Crippen LogP contribution < -0.4 is 4.90 Å². The number of imide groups is 1. The predicted octanol–water partition coefficient (Wildman–Crippen LogP) is 4.21. The molecule has 0 bridgehead atoms. The Bertz CT molecular complexity index is 559. The molecule has 1 aromatic carbocycles. The highest BCUT2D eigenvalue weighted by Gasteiger charge is 2.45. The van der Waals surface area contributed by atoms with Gasteiger partial charge in [0.25, 0.3) is 0 Å². The fourth-order valence-corrected chi connectivity index (χ4v) is 3.68. The summed E-state index contributed by atoms with van der Waals surface area (Å²) in [7, 11) is 0. The highest BCUT2D eigenvalue weighted by Crippen LogP contribution is 2.47. The number of benzene rings is 1. The summed E-state index contributed by atoms with van der Waals surface area (Å²) in [4.78, 5) is 26.0. The van der Waals surface area contributed by atoms with E-state index < -0.39 is 0 Å². The Hall–Kier alpha value is -1.06. The lowest BCUT2D eigenvalue weighted by Gasteiger charge is -2.37. The number of anilines is 1. The minimum absolute atomic E-state index is 0.0825. The second-order valence-corrected chi connectivity index (χ2v) is 6.60. The average Bonchev–Trinajstić information content (AvgIpc) is 2.80. The average molecular weight is 312 g/mol. The quantitative estimate of drug-likeness (QED) is 0.729. The maximum atomic E-state index is 12.4. The summed E-state index contributed by atoms with van der Waals surface area (Å²) in [6.45, 7) is 0. The molecule has 0 unspecified atom stereocenters. The summed E-state index contributed by atoms with van der Waals surface area (Å²) >= 11 is 11.8. The van der Waals surface area contributed by atoms with E-state index in [0.29, 0.717) is 28.6 Å². The number of piperidine rings is 1. The molecule has 1 saturated carbocycles. The van der Waals surface area contributed by atoms with Gasteiger partial charge in [0.15, 0.2) is 0 Å². The predicted molar refractivity (Wildman–Crippen MR) is 79.1 cm³/mol. The van der Waals surface area contributed by atoms with E-state index in [1.54, 1.807) is 18.2 Å². The summed E-state index contributed by atoms with van der Waals surface area (Å²) in [5.74, 6) is -0.247. The van der Waals surface area contributed by atoms with Crippen LogP contribution in [0.5, 0.6) is 0 Å². The number of amides is 2. The van der Waals surface area contributed by atoms with Crippen molar-refractivity contribution in [2.75, 3.05) is 4.90 Å². The van der Waals surface area contributed by atoms with Crippen molar-refractivity contribution < 1.29 is 9.59 Å². The molecule has 1 aliphatic carbocycles. The van der Waals surface area contributed by atoms with E-state index in [1.165, 1.54) is 4.90 Å². The van der Waals surface area contributed by atoms with Gasteiger partial charge in [0, 0.05) is 12.8 Å². The van der Waals surface area contributed by atoms with Gasteiger partial charge in [-0.05, 0) is 36.5 Å². The van der Waals surface area contributed by atoms with Crippen molar-refractivity contribution in [3.05, 3.63) is 28.2 Å². The molecule has 20 heavy (non-hydrogen) atoms. The molecular formula is C15H15Cl2NO2. The maximum Gasteiger partial charge on any atom is 0.234 e. The SMILES string of the molecule is O=C1CC2(CCCC2)CC(=O)N1c1ccc(Cl)c(Cl)c1. The number of rotatable bonds is 1. The molecular weight excluding hydrogens is 297 g/mol. The third-order valence-corrected chi connectivity index (χ3v) is 5.12. The molecule has 0 radical (unpaired) electrons. The minimum atomic E-state index is -0.124. The van der Waals surface area contributed by atoms with Crippen molar-refractivity contribution in [2.24, 2.45) is 5.41 Å². The first-order valence-electron chi connectivity index (χ1n) is 6.82. The summed E-state index contributed by atoms with van der Waals surface area (Å²) in [6.07, 6.45) is 5.12. The Kier molecular flexibility index (Phi) is 3.51. The summed E-state index contributed by atoms with van der Waals surface area (Å²) in [5.41, 5.74) is 0.434. The topological polar surface area (TPSA) is 37.4 Å². The molecule has 3 rings (SSSR count). The van der Waals surface area contributed by atoms with Crippen LogP contribution in [0.2, 0.25) is 10.0 Å². The molecule has 2 fully saturated rings. The van der Waals surface area contributed by atoms with Gasteiger partial charge >= 0.3 is 0 Å². The Morgan fingerprint density at radius 2 is 1.55 bits per heavy atom. The number of halogens is 2. The van der Waals surface area contributed by atoms with Gasteiger partial charge in [0.1, 0.15) is 0 Å². The number of hydrogen-bond acceptors (Lipinski definition) is 2. The number of carbonyl (C=O) groups excluding carboxylic acids is 2. The summed E-state index contributed by atoms with van der Waals surface area (Å²) in [6, 6.07) is 4.85. The molecule has 1 spiro atoms. The monoisotopic (exact) mass is 311 g/mol. The highest BCUT2D eigenvalue weighted by atomic mass is 35.5. The van der Waals surface area contributed by atoms with Gasteiger partial charge in [-0.25, -0.2) is 0 Å². The van der Waals surface area contributed by atoms with E-state index >= 15 is 0 Å². The van der Waals surface area contributed by atoms with Gasteiger partial charge in [0.2, 0.25) is 11.8 Å². The largest absolute Gasteiger partial charge is 0.274 e. The lowest BCUT2D eigenvalue weighted by molar-refractivity contribution is -0.133. The molecule has 0 atom stereocenters. The zero-order chi connectivity index (χ0) is 14.3. The van der Waals surface area contributed by atoms with E-state index in [0.717, 1.165) is 25.7 Å². The molecule has 0 N–H and O–H groups in total. The van der Waals surface area contributed by atoms with Gasteiger partial charge in [-0.3, -0.25) is 14.5 Å². The second kappa shape index (κ2) is 5.05. The Morgan fingerprint density at radius 1 is 0.950 bits per heavy atom. The molecule has 2 aliphatic rings. The minimum Gasteiger partial charge on any atom is -0.274 e. The van der Waals surface area contributed by atoms with E-state index in [9.17, 15) is 9.59 Å². The summed E-state index contributed by atoms with van der Waals surface area (Å²) < 4.78 is 0. The van der Waals surface area contributed by atoms with Gasteiger partial charge in [-0.15, -0.1) is 0 Å². The standard InChI is InChI=1S/C15H15Cl2NO2/c16-11-4-3-10(7-12(11)17)18-13(19)8-15(9-14(18)20)5-1-2-6-15/h3-4,7H,1-2,5-6,8-9H2. The van der Waals surface area contributed by atoms with Crippen molar-refractivity contribution in [1.29, 1.82) is 0 Å². The fraction of sp³-hybridized carbons (Fsp3) is 0.467. The molecule has 1 aromatic rings. The molecule has 1 heterocycles. The van der Waals surface area contributed by atoms with Crippen LogP contribution in [-0.4, -0.2) is 11.8 Å². The van der Waals surface area contributed by atoms with E-state index in [4.69, 9.17) is 23.2 Å². The lowest BCUT2D eigenvalue weighted by atomic mass is 9.76. The van der Waals surface area contributed by atoms with E-state index in [1.807, 2.05) is 0 Å². The number of nitrogens with zero attached hydrogens (tertiary/aromatic N) is 1. The van der Waals surface area contributed by atoms with Crippen molar-refractivity contribution in [1.82, 2.24) is 0 Å². The zero-order valence-electron chi connectivity index (χ0n) is 11.0. The van der Waals surface area contributed by atoms with Gasteiger partial charge in [-0.2, -0.15) is 0 Å². The molecule has 106 valence electrons. The normalized spacial score (nSPS) is 21.8. The number of carbonyl (C=O) groups is 2. The fourth-order valence-electron chi connectivity index (χ4n) is 3.39. The van der Waals surface area contributed by atoms with Crippen LogP contribution in [0.15, 0.2) is 18.2 Å². The molecule has 1 aliphatic heterocycles. The molecule has 5 heteroatoms. The second-order valence-electron chi connectivity index (χ2n) is 5.78. The van der Waals surface area contributed by atoms with Crippen LogP contribution >= 0.6 is 23.2 Å². The third kappa shape index (κ3) is 2.33. The van der Waals surface area contributed by atoms with Crippen molar-refractivity contribution in [3.63, 3.8) is 0 Å². The van der Waals surface area contributed by atoms with Crippen molar-refractivity contribution in [2.45, 2.75) is 38.5 Å². The van der Waals surface area contributed by atoms with Gasteiger partial charge in [-0.1, -0.05) is 36.0 Å². The summed E-state index contributed by atoms with van der Waals surface area (Å²) in [5, 5.41) is 0.769. The first-order chi connectivity index (χ1) is 9.51. The maximum absolute atomic E-state index is 12.4. The first kappa shape index (κ1) is 13.9. The van der Waals surface area contributed by atoms with E-state index in [2.05, 4.69) is 0 Å². The number of hydrogen-bond donors (Lipinski definition) is 0. The van der Waals surface area contributed by atoms with Crippen LogP contribution in [0.4, 0.5) is 5.69 Å². The van der Waals surface area contributed by atoms with Crippen LogP contribution in [0, 0.1) is 5.41 Å². The van der Waals surface area contributed by atoms with E-state index in [-0.39, 0.29) is 17.2 Å². The Balaban J connectivity index is 1.89. The third-order valence-electron chi connectivity index (χ3n) is 4.38. The zero-order valence-corrected chi connectivity index (χ0v) is 12.5. The lowest BCUT2D eigenvalue weighted by Crippen LogP contribution is -2.47. The molecule has 2 amide bonds. The van der Waals surface area contributed by atoms with Crippen molar-refractivity contribution in [3.8, 4) is 0 Å².